The van der Waals surface area contributed by atoms with E-state index in [2.05, 4.69) is 5.32 Å². The van der Waals surface area contributed by atoms with Crippen molar-refractivity contribution < 1.29 is 9.59 Å². The van der Waals surface area contributed by atoms with Gasteiger partial charge in [0.15, 0.2) is 0 Å². The van der Waals surface area contributed by atoms with Gasteiger partial charge < -0.3 is 10.2 Å². The molecule has 0 radical (unpaired) electrons. The fourth-order valence-corrected chi connectivity index (χ4v) is 5.15. The van der Waals surface area contributed by atoms with Crippen LogP contribution in [0.15, 0.2) is 48.5 Å². The van der Waals surface area contributed by atoms with Gasteiger partial charge >= 0.3 is 0 Å². The summed E-state index contributed by atoms with van der Waals surface area (Å²) in [6.07, 6.45) is 0.185. The van der Waals surface area contributed by atoms with Crippen molar-refractivity contribution in [1.29, 1.82) is 0 Å². The number of hydrogen-bond donors (Lipinski definition) is 1. The molecule has 2 aliphatic rings. The Bertz CT molecular complexity index is 1160. The highest BCUT2D eigenvalue weighted by molar-refractivity contribution is 7.98. The van der Waals surface area contributed by atoms with Crippen molar-refractivity contribution in [2.24, 2.45) is 5.92 Å². The van der Waals surface area contributed by atoms with Crippen LogP contribution in [0.5, 0.6) is 0 Å². The zero-order chi connectivity index (χ0) is 21.5. The van der Waals surface area contributed by atoms with E-state index in [1.807, 2.05) is 35.9 Å². The van der Waals surface area contributed by atoms with Gasteiger partial charge in [0, 0.05) is 40.7 Å². The molecule has 0 spiro atoms. The standard InChI is InChI=1S/C23H21ClN4O2S/c1-14-2-6-18(7-3-14)28-22(19-12-31-13-20(19)26-28)25-23(30)15-10-21(29)27(11-15)17-8-4-16(24)5-9-17/h2-9,15H,10-13H2,1H3,(H,25,30). The van der Waals surface area contributed by atoms with Gasteiger partial charge in [0.2, 0.25) is 11.8 Å². The number of aryl methyl sites for hydroxylation is 1. The number of carbonyl (C=O) groups is 2. The quantitative estimate of drug-likeness (QED) is 0.629. The largest absolute Gasteiger partial charge is 0.312 e. The number of carbonyl (C=O) groups excluding carboxylic acids is 2. The number of nitrogens with zero attached hydrogens (tertiary/aromatic N) is 3. The van der Waals surface area contributed by atoms with Crippen molar-refractivity contribution in [2.75, 3.05) is 16.8 Å². The third-order valence-electron chi connectivity index (χ3n) is 5.71. The molecule has 2 aliphatic heterocycles. The van der Waals surface area contributed by atoms with E-state index in [1.165, 1.54) is 0 Å². The second-order valence-electron chi connectivity index (χ2n) is 7.89. The highest BCUT2D eigenvalue weighted by Crippen LogP contribution is 2.37. The molecule has 6 nitrogen and oxygen atoms in total. The molecule has 1 atom stereocenters. The summed E-state index contributed by atoms with van der Waals surface area (Å²) in [4.78, 5) is 27.4. The van der Waals surface area contributed by atoms with Crippen LogP contribution in [0, 0.1) is 12.8 Å². The number of rotatable bonds is 4. The van der Waals surface area contributed by atoms with Gasteiger partial charge in [-0.25, -0.2) is 4.68 Å². The number of thioether (sulfide) groups is 1. The van der Waals surface area contributed by atoms with Gasteiger partial charge in [-0.2, -0.15) is 16.9 Å². The lowest BCUT2D eigenvalue weighted by molar-refractivity contribution is -0.122. The molecule has 0 saturated carbocycles. The first-order valence-electron chi connectivity index (χ1n) is 10.1. The molecule has 3 heterocycles. The van der Waals surface area contributed by atoms with E-state index in [9.17, 15) is 9.59 Å². The Balaban J connectivity index is 1.39. The molecular weight excluding hydrogens is 432 g/mol. The summed E-state index contributed by atoms with van der Waals surface area (Å²) >= 11 is 7.74. The molecule has 1 N–H and O–H groups in total. The number of aromatic nitrogens is 2. The van der Waals surface area contributed by atoms with Gasteiger partial charge in [-0.3, -0.25) is 9.59 Å². The minimum Gasteiger partial charge on any atom is -0.312 e. The van der Waals surface area contributed by atoms with Crippen LogP contribution >= 0.6 is 23.4 Å². The summed E-state index contributed by atoms with van der Waals surface area (Å²) in [7, 11) is 0. The average molecular weight is 453 g/mol. The Morgan fingerprint density at radius 2 is 1.81 bits per heavy atom. The lowest BCUT2D eigenvalue weighted by Crippen LogP contribution is -2.28. The zero-order valence-electron chi connectivity index (χ0n) is 17.0. The Morgan fingerprint density at radius 1 is 1.10 bits per heavy atom. The zero-order valence-corrected chi connectivity index (χ0v) is 18.5. The van der Waals surface area contributed by atoms with Crippen molar-refractivity contribution in [3.05, 3.63) is 70.4 Å². The number of hydrogen-bond acceptors (Lipinski definition) is 4. The van der Waals surface area contributed by atoms with Crippen LogP contribution in [0.1, 0.15) is 23.2 Å². The molecule has 31 heavy (non-hydrogen) atoms. The van der Waals surface area contributed by atoms with Crippen molar-refractivity contribution in [2.45, 2.75) is 24.9 Å². The van der Waals surface area contributed by atoms with E-state index in [0.29, 0.717) is 17.4 Å². The number of fused-ring (bicyclic) bond motifs is 1. The Hall–Kier alpha value is -2.77. The first kappa shape index (κ1) is 20.2. The maximum absolute atomic E-state index is 13.2. The summed E-state index contributed by atoms with van der Waals surface area (Å²) < 4.78 is 1.81. The van der Waals surface area contributed by atoms with Gasteiger partial charge in [-0.15, -0.1) is 0 Å². The van der Waals surface area contributed by atoms with E-state index >= 15 is 0 Å². The molecule has 5 rings (SSSR count). The van der Waals surface area contributed by atoms with Gasteiger partial charge in [0.05, 0.1) is 17.3 Å². The molecule has 1 saturated heterocycles. The number of anilines is 2. The summed E-state index contributed by atoms with van der Waals surface area (Å²) in [5, 5.41) is 8.45. The first-order valence-corrected chi connectivity index (χ1v) is 11.7. The Labute approximate surface area is 189 Å². The average Bonchev–Trinajstić information content (AvgIpc) is 3.45. The lowest BCUT2D eigenvalue weighted by Gasteiger charge is -2.17. The van der Waals surface area contributed by atoms with E-state index in [0.717, 1.165) is 39.7 Å². The van der Waals surface area contributed by atoms with Crippen LogP contribution in [0.2, 0.25) is 5.02 Å². The first-order chi connectivity index (χ1) is 15.0. The monoisotopic (exact) mass is 452 g/mol. The van der Waals surface area contributed by atoms with E-state index in [1.54, 1.807) is 40.9 Å². The number of halogens is 1. The fraction of sp³-hybridized carbons (Fsp3) is 0.261. The maximum Gasteiger partial charge on any atom is 0.230 e. The summed E-state index contributed by atoms with van der Waals surface area (Å²) in [6.45, 7) is 2.39. The van der Waals surface area contributed by atoms with Crippen LogP contribution in [0.4, 0.5) is 11.5 Å². The smallest absolute Gasteiger partial charge is 0.230 e. The number of nitrogens with one attached hydrogen (secondary N) is 1. The molecule has 1 aromatic heterocycles. The van der Waals surface area contributed by atoms with Gasteiger partial charge in [0.25, 0.3) is 0 Å². The summed E-state index contributed by atoms with van der Waals surface area (Å²) in [5.74, 6) is 1.73. The molecule has 1 fully saturated rings. The highest BCUT2D eigenvalue weighted by atomic mass is 35.5. The van der Waals surface area contributed by atoms with E-state index in [-0.39, 0.29) is 18.2 Å². The highest BCUT2D eigenvalue weighted by Gasteiger charge is 2.36. The molecule has 3 aromatic rings. The lowest BCUT2D eigenvalue weighted by atomic mass is 10.1. The fourth-order valence-electron chi connectivity index (χ4n) is 3.99. The van der Waals surface area contributed by atoms with Crippen LogP contribution in [0.3, 0.4) is 0 Å². The van der Waals surface area contributed by atoms with Crippen LogP contribution in [-0.2, 0) is 21.1 Å². The van der Waals surface area contributed by atoms with Gasteiger partial charge in [-0.05, 0) is 43.3 Å². The molecular formula is C23H21ClN4O2S. The Kier molecular flexibility index (Phi) is 5.24. The summed E-state index contributed by atoms with van der Waals surface area (Å²) in [6, 6.07) is 15.2. The molecule has 0 aliphatic carbocycles. The van der Waals surface area contributed by atoms with Crippen molar-refractivity contribution >= 4 is 46.7 Å². The predicted molar refractivity (Wildman–Crippen MR) is 124 cm³/mol. The predicted octanol–water partition coefficient (Wildman–Crippen LogP) is 4.57. The topological polar surface area (TPSA) is 67.2 Å². The van der Waals surface area contributed by atoms with Crippen LogP contribution in [-0.4, -0.2) is 28.1 Å². The number of benzene rings is 2. The van der Waals surface area contributed by atoms with E-state index in [4.69, 9.17) is 16.7 Å². The second-order valence-corrected chi connectivity index (χ2v) is 9.31. The molecule has 2 aromatic carbocycles. The SMILES string of the molecule is Cc1ccc(-n2nc3c(c2NC(=O)C2CC(=O)N(c4ccc(Cl)cc4)C2)CSC3)cc1. The van der Waals surface area contributed by atoms with Crippen molar-refractivity contribution in [1.82, 2.24) is 9.78 Å². The normalized spacial score (nSPS) is 17.8. The molecule has 158 valence electrons. The second kappa shape index (κ2) is 8.05. The molecule has 8 heteroatoms. The van der Waals surface area contributed by atoms with Crippen LogP contribution < -0.4 is 10.2 Å². The number of amides is 2. The Morgan fingerprint density at radius 3 is 2.55 bits per heavy atom. The van der Waals surface area contributed by atoms with Gasteiger partial charge in [0.1, 0.15) is 5.82 Å². The third kappa shape index (κ3) is 3.83. The molecule has 0 bridgehead atoms. The summed E-state index contributed by atoms with van der Waals surface area (Å²) in [5.41, 5.74) is 4.90. The van der Waals surface area contributed by atoms with Crippen molar-refractivity contribution in [3.63, 3.8) is 0 Å². The van der Waals surface area contributed by atoms with Crippen molar-refractivity contribution in [3.8, 4) is 5.69 Å². The minimum absolute atomic E-state index is 0.0599. The van der Waals surface area contributed by atoms with Crippen LogP contribution in [0.25, 0.3) is 5.69 Å². The van der Waals surface area contributed by atoms with E-state index < -0.39 is 5.92 Å². The van der Waals surface area contributed by atoms with Gasteiger partial charge in [-0.1, -0.05) is 29.3 Å². The molecule has 2 amide bonds. The third-order valence-corrected chi connectivity index (χ3v) is 6.93. The maximum atomic E-state index is 13.2. The molecule has 1 unspecified atom stereocenters. The minimum atomic E-state index is -0.422.